The molecule has 5 N–H and O–H groups in total. The van der Waals surface area contributed by atoms with Crippen LogP contribution in [0.1, 0.15) is 31.2 Å². The van der Waals surface area contributed by atoms with E-state index in [-0.39, 0.29) is 36.0 Å². The number of amides is 3. The van der Waals surface area contributed by atoms with Crippen LogP contribution in [0.3, 0.4) is 0 Å². The third kappa shape index (κ3) is 4.30. The Morgan fingerprint density at radius 2 is 1.81 bits per heavy atom. The molecular formula is C26H27FN5O4+. The number of primary amides is 1. The van der Waals surface area contributed by atoms with E-state index in [2.05, 4.69) is 4.99 Å². The highest BCUT2D eigenvalue weighted by Crippen LogP contribution is 2.30. The number of piperidine rings is 2. The standard InChI is InChI=1S/C26H26FN5O4/c27-19-14-17(5-6-20(19)32-10-2-1-3-22(32)33)31-11-8-18(23(28)25(29)34)24(26(31)35)30-16-4-7-21-15(13-16)9-12-36-21/h4-7,13-14H,1-3,8-12,28H2,(H2,29,34)/p+1. The highest BCUT2D eigenvalue weighted by Gasteiger charge is 2.37. The SMILES string of the molecule is NC(=O)C(N)=C1CCN(c2ccc(N3CCCCC3=O)c(F)c2)C(=O)C1=[NH+]c1ccc2c(c1)CCO2. The van der Waals surface area contributed by atoms with Crippen LogP contribution in [0.5, 0.6) is 5.75 Å². The summed E-state index contributed by atoms with van der Waals surface area (Å²) in [6.45, 7) is 1.23. The summed E-state index contributed by atoms with van der Waals surface area (Å²) in [6, 6.07) is 9.86. The molecule has 5 rings (SSSR count). The summed E-state index contributed by atoms with van der Waals surface area (Å²) in [5.41, 5.74) is 13.8. The van der Waals surface area contributed by atoms with Crippen molar-refractivity contribution in [2.24, 2.45) is 11.5 Å². The number of rotatable bonds is 4. The van der Waals surface area contributed by atoms with Crippen molar-refractivity contribution in [2.45, 2.75) is 32.1 Å². The lowest BCUT2D eigenvalue weighted by molar-refractivity contribution is -0.352. The number of hydrogen-bond acceptors (Lipinski definition) is 5. The van der Waals surface area contributed by atoms with E-state index in [9.17, 15) is 14.4 Å². The minimum Gasteiger partial charge on any atom is -0.493 e. The van der Waals surface area contributed by atoms with Gasteiger partial charge in [-0.2, -0.15) is 0 Å². The van der Waals surface area contributed by atoms with Crippen molar-refractivity contribution in [1.29, 1.82) is 0 Å². The highest BCUT2D eigenvalue weighted by molar-refractivity contribution is 6.48. The Bertz CT molecular complexity index is 1340. The van der Waals surface area contributed by atoms with E-state index in [0.717, 1.165) is 30.6 Å². The summed E-state index contributed by atoms with van der Waals surface area (Å²) >= 11 is 0. The molecule has 3 amide bonds. The molecule has 3 heterocycles. The second kappa shape index (κ2) is 9.44. The van der Waals surface area contributed by atoms with Crippen molar-refractivity contribution in [3.63, 3.8) is 0 Å². The van der Waals surface area contributed by atoms with Crippen LogP contribution in [0, 0.1) is 5.82 Å². The van der Waals surface area contributed by atoms with Gasteiger partial charge in [-0.25, -0.2) is 9.38 Å². The molecule has 0 aliphatic carbocycles. The van der Waals surface area contributed by atoms with Crippen LogP contribution in [0.4, 0.5) is 21.5 Å². The normalized spacial score (nSPS) is 20.4. The second-order valence-electron chi connectivity index (χ2n) is 9.02. The Morgan fingerprint density at radius 1 is 0.972 bits per heavy atom. The number of nitrogens with zero attached hydrogens (tertiary/aromatic N) is 2. The summed E-state index contributed by atoms with van der Waals surface area (Å²) in [6.07, 6.45) is 2.99. The Kier molecular flexibility index (Phi) is 6.17. The number of anilines is 2. The van der Waals surface area contributed by atoms with Gasteiger partial charge in [0.05, 0.1) is 17.9 Å². The maximum Gasteiger partial charge on any atom is 0.323 e. The lowest BCUT2D eigenvalue weighted by atomic mass is 9.97. The van der Waals surface area contributed by atoms with Crippen LogP contribution < -0.4 is 31.0 Å². The van der Waals surface area contributed by atoms with Gasteiger partial charge in [-0.15, -0.1) is 0 Å². The number of nitrogens with one attached hydrogen (secondary N) is 1. The topological polar surface area (TPSA) is 133 Å². The lowest BCUT2D eigenvalue weighted by Gasteiger charge is -2.30. The highest BCUT2D eigenvalue weighted by atomic mass is 19.1. The fourth-order valence-corrected chi connectivity index (χ4v) is 4.86. The Morgan fingerprint density at radius 3 is 2.56 bits per heavy atom. The predicted octanol–water partition coefficient (Wildman–Crippen LogP) is 0.566. The molecule has 0 aromatic heterocycles. The van der Waals surface area contributed by atoms with Crippen LogP contribution in [-0.4, -0.2) is 43.1 Å². The van der Waals surface area contributed by atoms with Crippen molar-refractivity contribution in [1.82, 2.24) is 0 Å². The quantitative estimate of drug-likeness (QED) is 0.537. The predicted molar refractivity (Wildman–Crippen MR) is 131 cm³/mol. The van der Waals surface area contributed by atoms with Gasteiger partial charge >= 0.3 is 5.91 Å². The molecular weight excluding hydrogens is 465 g/mol. The van der Waals surface area contributed by atoms with E-state index in [1.165, 1.54) is 21.9 Å². The summed E-state index contributed by atoms with van der Waals surface area (Å²) in [4.78, 5) is 43.7. The molecule has 0 bridgehead atoms. The number of carbonyl (C=O) groups excluding carboxylic acids is 3. The summed E-state index contributed by atoms with van der Waals surface area (Å²) in [5.74, 6) is -1.20. The molecule has 2 aromatic carbocycles. The lowest BCUT2D eigenvalue weighted by Crippen LogP contribution is -2.72. The van der Waals surface area contributed by atoms with Gasteiger partial charge in [0.2, 0.25) is 11.6 Å². The number of hydrogen-bond donors (Lipinski definition) is 3. The average molecular weight is 493 g/mol. The van der Waals surface area contributed by atoms with Crippen LogP contribution in [0.15, 0.2) is 47.7 Å². The number of fused-ring (bicyclic) bond motifs is 1. The maximum absolute atomic E-state index is 15.1. The molecule has 0 unspecified atom stereocenters. The van der Waals surface area contributed by atoms with Gasteiger partial charge in [0.15, 0.2) is 0 Å². The van der Waals surface area contributed by atoms with Crippen molar-refractivity contribution < 1.29 is 28.5 Å². The van der Waals surface area contributed by atoms with E-state index in [4.69, 9.17) is 16.2 Å². The fraction of sp³-hybridized carbons (Fsp3) is 0.308. The Hall–Kier alpha value is -4.21. The monoisotopic (exact) mass is 492 g/mol. The molecule has 0 spiro atoms. The zero-order chi connectivity index (χ0) is 25.4. The first-order chi connectivity index (χ1) is 17.3. The van der Waals surface area contributed by atoms with Crippen LogP contribution in [-0.2, 0) is 20.8 Å². The molecule has 2 fully saturated rings. The van der Waals surface area contributed by atoms with Crippen LogP contribution >= 0.6 is 0 Å². The molecule has 0 atom stereocenters. The third-order valence-electron chi connectivity index (χ3n) is 6.75. The molecule has 3 aliphatic heterocycles. The second-order valence-corrected chi connectivity index (χ2v) is 9.02. The van der Waals surface area contributed by atoms with Gasteiger partial charge in [-0.05, 0) is 43.5 Å². The molecule has 186 valence electrons. The number of ether oxygens (including phenoxy) is 1. The van der Waals surface area contributed by atoms with E-state index in [1.54, 1.807) is 12.1 Å². The molecule has 36 heavy (non-hydrogen) atoms. The van der Waals surface area contributed by atoms with Gasteiger partial charge in [0.25, 0.3) is 11.6 Å². The fourth-order valence-electron chi connectivity index (χ4n) is 4.86. The Balaban J connectivity index is 1.50. The summed E-state index contributed by atoms with van der Waals surface area (Å²) in [5, 5.41) is 0. The van der Waals surface area contributed by atoms with Gasteiger partial charge in [0.1, 0.15) is 17.3 Å². The third-order valence-corrected chi connectivity index (χ3v) is 6.75. The summed E-state index contributed by atoms with van der Waals surface area (Å²) in [7, 11) is 0. The van der Waals surface area contributed by atoms with Crippen molar-refractivity contribution >= 4 is 40.5 Å². The van der Waals surface area contributed by atoms with E-state index >= 15 is 4.39 Å². The van der Waals surface area contributed by atoms with Gasteiger partial charge in [-0.3, -0.25) is 14.4 Å². The van der Waals surface area contributed by atoms with Crippen molar-refractivity contribution in [2.75, 3.05) is 29.5 Å². The van der Waals surface area contributed by atoms with Crippen molar-refractivity contribution in [3.05, 3.63) is 59.0 Å². The average Bonchev–Trinajstić information content (AvgIpc) is 3.33. The maximum atomic E-state index is 15.1. The van der Waals surface area contributed by atoms with Gasteiger partial charge in [-0.1, -0.05) is 0 Å². The molecule has 2 saturated heterocycles. The number of halogens is 1. The molecule has 9 nitrogen and oxygen atoms in total. The first-order valence-electron chi connectivity index (χ1n) is 11.9. The van der Waals surface area contributed by atoms with E-state index < -0.39 is 17.6 Å². The first-order valence-corrected chi connectivity index (χ1v) is 11.9. The molecule has 2 aromatic rings. The largest absolute Gasteiger partial charge is 0.493 e. The summed E-state index contributed by atoms with van der Waals surface area (Å²) < 4.78 is 20.7. The molecule has 10 heteroatoms. The minimum absolute atomic E-state index is 0.104. The minimum atomic E-state index is -0.825. The zero-order valence-electron chi connectivity index (χ0n) is 19.7. The first kappa shape index (κ1) is 23.5. The van der Waals surface area contributed by atoms with Crippen LogP contribution in [0.25, 0.3) is 0 Å². The zero-order valence-corrected chi connectivity index (χ0v) is 19.7. The molecule has 0 saturated carbocycles. The smallest absolute Gasteiger partial charge is 0.323 e. The Labute approximate surface area is 207 Å². The molecule has 0 radical (unpaired) electrons. The molecule has 3 aliphatic rings. The van der Waals surface area contributed by atoms with E-state index in [1.807, 2.05) is 12.1 Å². The van der Waals surface area contributed by atoms with Crippen LogP contribution in [0.2, 0.25) is 0 Å². The van der Waals surface area contributed by atoms with E-state index in [0.29, 0.717) is 36.5 Å². The number of carbonyl (C=O) groups is 3. The van der Waals surface area contributed by atoms with Gasteiger partial charge < -0.3 is 26.0 Å². The number of benzene rings is 2. The van der Waals surface area contributed by atoms with Crippen molar-refractivity contribution in [3.8, 4) is 5.75 Å². The number of nitrogens with two attached hydrogens (primary N) is 2. The van der Waals surface area contributed by atoms with Gasteiger partial charge in [0, 0.05) is 49.3 Å².